The van der Waals surface area contributed by atoms with E-state index in [0.717, 1.165) is 11.8 Å². The number of hydrogen-bond acceptors (Lipinski definition) is 5. The van der Waals surface area contributed by atoms with E-state index in [0.29, 0.717) is 0 Å². The van der Waals surface area contributed by atoms with Crippen LogP contribution in [0.3, 0.4) is 0 Å². The normalized spacial score (nSPS) is 12.4. The maximum atomic E-state index is 13.4. The molecule has 2 aromatic rings. The van der Waals surface area contributed by atoms with Crippen LogP contribution < -0.4 is 10.5 Å². The summed E-state index contributed by atoms with van der Waals surface area (Å²) >= 11 is 1.19. The predicted octanol–water partition coefficient (Wildman–Crippen LogP) is 2.96. The van der Waals surface area contributed by atoms with Gasteiger partial charge in [0.15, 0.2) is 5.13 Å². The van der Waals surface area contributed by atoms with Gasteiger partial charge in [-0.2, -0.15) is 0 Å². The molecular weight excluding hydrogens is 313 g/mol. The van der Waals surface area contributed by atoms with Crippen molar-refractivity contribution in [1.82, 2.24) is 4.98 Å². The molecule has 0 bridgehead atoms. The Hall–Kier alpha value is -1.67. The van der Waals surface area contributed by atoms with Gasteiger partial charge < -0.3 is 5.73 Å². The first kappa shape index (κ1) is 15.7. The highest BCUT2D eigenvalue weighted by Crippen LogP contribution is 2.28. The van der Waals surface area contributed by atoms with Gasteiger partial charge >= 0.3 is 0 Å². The van der Waals surface area contributed by atoms with Gasteiger partial charge in [0.2, 0.25) is 0 Å². The average Bonchev–Trinajstić information content (AvgIpc) is 2.80. The van der Waals surface area contributed by atoms with Crippen molar-refractivity contribution in [3.05, 3.63) is 35.1 Å². The lowest BCUT2D eigenvalue weighted by Gasteiger charge is -2.14. The van der Waals surface area contributed by atoms with E-state index in [2.05, 4.69) is 9.71 Å². The minimum atomic E-state index is -3.88. The molecule has 3 N–H and O–H groups in total. The number of rotatable bonds is 3. The number of nitrogen functional groups attached to an aromatic ring is 1. The fraction of sp³-hybridized carbons (Fsp3) is 0.308. The molecule has 0 radical (unpaired) electrons. The van der Waals surface area contributed by atoms with E-state index >= 15 is 0 Å². The molecule has 5 nitrogen and oxygen atoms in total. The third-order valence-corrected chi connectivity index (χ3v) is 5.00. The highest BCUT2D eigenvalue weighted by Gasteiger charge is 2.21. The van der Waals surface area contributed by atoms with Crippen LogP contribution in [0.2, 0.25) is 0 Å². The molecule has 1 aromatic heterocycles. The summed E-state index contributed by atoms with van der Waals surface area (Å²) < 4.78 is 40.1. The molecule has 0 fully saturated rings. The van der Waals surface area contributed by atoms with E-state index in [9.17, 15) is 12.8 Å². The summed E-state index contributed by atoms with van der Waals surface area (Å²) in [5.41, 5.74) is 5.85. The number of sulfonamides is 1. The summed E-state index contributed by atoms with van der Waals surface area (Å²) in [6, 6.07) is 3.35. The number of nitrogens with zero attached hydrogens (tertiary/aromatic N) is 1. The van der Waals surface area contributed by atoms with Crippen molar-refractivity contribution < 1.29 is 12.8 Å². The maximum absolute atomic E-state index is 13.4. The number of thiazole rings is 1. The maximum Gasteiger partial charge on any atom is 0.263 e. The fourth-order valence-corrected chi connectivity index (χ4v) is 3.72. The highest BCUT2D eigenvalue weighted by molar-refractivity contribution is 7.93. The van der Waals surface area contributed by atoms with E-state index in [-0.39, 0.29) is 21.1 Å². The molecule has 0 aliphatic rings. The Bertz CT molecular complexity index is 764. The number of benzene rings is 1. The number of nitrogens with two attached hydrogens (primary N) is 1. The number of aromatic nitrogens is 1. The van der Waals surface area contributed by atoms with Crippen LogP contribution in [-0.4, -0.2) is 13.4 Å². The van der Waals surface area contributed by atoms with Gasteiger partial charge in [-0.05, 0) is 18.2 Å². The van der Waals surface area contributed by atoms with Gasteiger partial charge in [-0.15, -0.1) is 11.3 Å². The SMILES string of the molecule is CC(C)(C)c1csc(NS(=O)(=O)c2ccc(N)c(F)c2)n1. The average molecular weight is 329 g/mol. The Morgan fingerprint density at radius 3 is 2.52 bits per heavy atom. The Balaban J connectivity index is 2.29. The van der Waals surface area contributed by atoms with E-state index in [1.165, 1.54) is 23.5 Å². The van der Waals surface area contributed by atoms with Crippen LogP contribution in [0.1, 0.15) is 26.5 Å². The Morgan fingerprint density at radius 1 is 1.33 bits per heavy atom. The minimum absolute atomic E-state index is 0.0989. The summed E-state index contributed by atoms with van der Waals surface area (Å²) in [7, 11) is -3.88. The van der Waals surface area contributed by atoms with E-state index in [1.54, 1.807) is 5.38 Å². The summed E-state index contributed by atoms with van der Waals surface area (Å²) in [6.07, 6.45) is 0. The first-order valence-electron chi connectivity index (χ1n) is 6.13. The monoisotopic (exact) mass is 329 g/mol. The molecule has 0 atom stereocenters. The largest absolute Gasteiger partial charge is 0.396 e. The van der Waals surface area contributed by atoms with Crippen LogP contribution in [0.4, 0.5) is 15.2 Å². The van der Waals surface area contributed by atoms with E-state index in [1.807, 2.05) is 20.8 Å². The molecule has 0 aliphatic heterocycles. The number of halogens is 1. The van der Waals surface area contributed by atoms with Crippen LogP contribution in [-0.2, 0) is 15.4 Å². The summed E-state index contributed by atoms with van der Waals surface area (Å²) in [4.78, 5) is 4.05. The second-order valence-corrected chi connectivity index (χ2v) is 8.12. The molecular formula is C13H16FN3O2S2. The van der Waals surface area contributed by atoms with Crippen molar-refractivity contribution in [3.8, 4) is 0 Å². The molecule has 1 heterocycles. The summed E-state index contributed by atoms with van der Waals surface area (Å²) in [5.74, 6) is -0.771. The van der Waals surface area contributed by atoms with Gasteiger partial charge in [-0.1, -0.05) is 20.8 Å². The van der Waals surface area contributed by atoms with E-state index < -0.39 is 15.8 Å². The number of anilines is 2. The molecule has 0 saturated carbocycles. The molecule has 0 spiro atoms. The lowest BCUT2D eigenvalue weighted by Crippen LogP contribution is -2.15. The van der Waals surface area contributed by atoms with E-state index in [4.69, 9.17) is 5.73 Å². The smallest absolute Gasteiger partial charge is 0.263 e. The van der Waals surface area contributed by atoms with Gasteiger partial charge in [-0.25, -0.2) is 17.8 Å². The highest BCUT2D eigenvalue weighted by atomic mass is 32.2. The predicted molar refractivity (Wildman–Crippen MR) is 82.4 cm³/mol. The second-order valence-electron chi connectivity index (χ2n) is 5.58. The van der Waals surface area contributed by atoms with Gasteiger partial charge in [-0.3, -0.25) is 4.72 Å². The molecule has 0 saturated heterocycles. The van der Waals surface area contributed by atoms with Crippen LogP contribution in [0.25, 0.3) is 0 Å². The van der Waals surface area contributed by atoms with Gasteiger partial charge in [0.25, 0.3) is 10.0 Å². The second kappa shape index (κ2) is 5.27. The van der Waals surface area contributed by atoms with Crippen LogP contribution in [0.15, 0.2) is 28.5 Å². The Kier molecular flexibility index (Phi) is 3.94. The first-order valence-corrected chi connectivity index (χ1v) is 8.50. The van der Waals surface area contributed by atoms with Crippen LogP contribution in [0.5, 0.6) is 0 Å². The lowest BCUT2D eigenvalue weighted by molar-refractivity contribution is 0.573. The molecule has 0 aliphatic carbocycles. The van der Waals surface area contributed by atoms with Crippen molar-refractivity contribution in [2.24, 2.45) is 0 Å². The zero-order valence-corrected chi connectivity index (χ0v) is 13.5. The zero-order chi connectivity index (χ0) is 15.8. The Labute approximate surface area is 127 Å². The molecule has 8 heteroatoms. The molecule has 2 rings (SSSR count). The molecule has 0 unspecified atom stereocenters. The number of nitrogens with one attached hydrogen (secondary N) is 1. The van der Waals surface area contributed by atoms with Gasteiger partial charge in [0.1, 0.15) is 5.82 Å². The third kappa shape index (κ3) is 3.51. The Morgan fingerprint density at radius 2 is 2.00 bits per heavy atom. The van der Waals surface area contributed by atoms with Crippen LogP contribution in [0, 0.1) is 5.82 Å². The van der Waals surface area contributed by atoms with Crippen molar-refractivity contribution >= 4 is 32.2 Å². The molecule has 1 aromatic carbocycles. The standard InChI is InChI=1S/C13H16FN3O2S2/c1-13(2,3)11-7-20-12(16-11)17-21(18,19)8-4-5-10(15)9(14)6-8/h4-7H,15H2,1-3H3,(H,16,17). The quantitative estimate of drug-likeness (QED) is 0.848. The van der Waals surface area contributed by atoms with Crippen molar-refractivity contribution in [2.45, 2.75) is 31.1 Å². The van der Waals surface area contributed by atoms with Gasteiger partial charge in [0, 0.05) is 10.8 Å². The first-order chi connectivity index (χ1) is 9.59. The zero-order valence-electron chi connectivity index (χ0n) is 11.8. The number of hydrogen-bond donors (Lipinski definition) is 2. The fourth-order valence-electron chi connectivity index (χ4n) is 1.51. The van der Waals surface area contributed by atoms with Crippen LogP contribution >= 0.6 is 11.3 Å². The minimum Gasteiger partial charge on any atom is -0.396 e. The molecule has 0 amide bonds. The molecule has 114 valence electrons. The lowest BCUT2D eigenvalue weighted by atomic mass is 9.93. The molecule has 21 heavy (non-hydrogen) atoms. The summed E-state index contributed by atoms with van der Waals surface area (Å²) in [5, 5.41) is 2.04. The topological polar surface area (TPSA) is 85.1 Å². The third-order valence-electron chi connectivity index (χ3n) is 2.78. The van der Waals surface area contributed by atoms with Crippen molar-refractivity contribution in [1.29, 1.82) is 0 Å². The van der Waals surface area contributed by atoms with Gasteiger partial charge in [0.05, 0.1) is 16.3 Å². The van der Waals surface area contributed by atoms with Crippen molar-refractivity contribution in [2.75, 3.05) is 10.5 Å². The van der Waals surface area contributed by atoms with Crippen molar-refractivity contribution in [3.63, 3.8) is 0 Å². The summed E-state index contributed by atoms with van der Waals surface area (Å²) in [6.45, 7) is 5.95.